The number of hydrogen-bond donors (Lipinski definition) is 1. The number of halogens is 2. The molecule has 1 aromatic carbocycles. The minimum atomic E-state index is -0.805. The largest absolute Gasteiger partial charge is 0.385 e. The van der Waals surface area contributed by atoms with Gasteiger partial charge in [-0.3, -0.25) is 0 Å². The van der Waals surface area contributed by atoms with Gasteiger partial charge in [0.25, 0.3) is 0 Å². The fourth-order valence-electron chi connectivity index (χ4n) is 1.75. The highest BCUT2D eigenvalue weighted by molar-refractivity contribution is 5.22. The molecule has 1 rings (SSSR count). The second-order valence-electron chi connectivity index (χ2n) is 4.21. The third-order valence-electron chi connectivity index (χ3n) is 2.74. The molecule has 4 heteroatoms. The van der Waals surface area contributed by atoms with Gasteiger partial charge in [-0.25, -0.2) is 8.78 Å². The van der Waals surface area contributed by atoms with Crippen molar-refractivity contribution in [1.82, 2.24) is 5.32 Å². The molecule has 17 heavy (non-hydrogen) atoms. The highest BCUT2D eigenvalue weighted by Gasteiger charge is 2.15. The summed E-state index contributed by atoms with van der Waals surface area (Å²) >= 11 is 0. The zero-order valence-electron chi connectivity index (χ0n) is 10.5. The highest BCUT2D eigenvalue weighted by Crippen LogP contribution is 2.19. The number of hydrogen-bond acceptors (Lipinski definition) is 2. The van der Waals surface area contributed by atoms with E-state index >= 15 is 0 Å². The molecule has 0 radical (unpaired) electrons. The Labute approximate surface area is 101 Å². The Morgan fingerprint density at radius 3 is 2.65 bits per heavy atom. The first kappa shape index (κ1) is 14.1. The predicted molar refractivity (Wildman–Crippen MR) is 63.9 cm³/mol. The molecule has 0 aliphatic carbocycles. The van der Waals surface area contributed by atoms with Crippen molar-refractivity contribution in [3.8, 4) is 0 Å². The van der Waals surface area contributed by atoms with Crippen LogP contribution in [0.3, 0.4) is 0 Å². The maximum absolute atomic E-state index is 13.5. The number of methoxy groups -OCH3 is 1. The lowest BCUT2D eigenvalue weighted by atomic mass is 10.1. The summed E-state index contributed by atoms with van der Waals surface area (Å²) in [6.07, 6.45) is 0.831. The molecule has 0 saturated heterocycles. The highest BCUT2D eigenvalue weighted by atomic mass is 19.2. The molecule has 0 amide bonds. The summed E-state index contributed by atoms with van der Waals surface area (Å²) in [6, 6.07) is 4.20. The van der Waals surface area contributed by atoms with E-state index in [1.54, 1.807) is 13.2 Å². The van der Waals surface area contributed by atoms with Crippen LogP contribution in [0.4, 0.5) is 8.78 Å². The van der Waals surface area contributed by atoms with Crippen LogP contribution in [0.5, 0.6) is 0 Å². The molecule has 2 atom stereocenters. The van der Waals surface area contributed by atoms with Crippen molar-refractivity contribution in [2.24, 2.45) is 0 Å². The smallest absolute Gasteiger partial charge is 0.163 e. The second kappa shape index (κ2) is 6.67. The van der Waals surface area contributed by atoms with Crippen molar-refractivity contribution in [3.63, 3.8) is 0 Å². The first-order chi connectivity index (χ1) is 8.06. The second-order valence-corrected chi connectivity index (χ2v) is 4.21. The molecule has 2 unspecified atom stereocenters. The average Bonchev–Trinajstić information content (AvgIpc) is 2.29. The lowest BCUT2D eigenvalue weighted by molar-refractivity contribution is 0.183. The van der Waals surface area contributed by atoms with Crippen molar-refractivity contribution in [1.29, 1.82) is 0 Å². The van der Waals surface area contributed by atoms with Gasteiger partial charge in [0.05, 0.1) is 0 Å². The van der Waals surface area contributed by atoms with Crippen LogP contribution < -0.4 is 5.32 Å². The van der Waals surface area contributed by atoms with Crippen molar-refractivity contribution in [2.45, 2.75) is 32.4 Å². The molecule has 0 saturated carbocycles. The predicted octanol–water partition coefficient (Wildman–Crippen LogP) is 3.04. The van der Waals surface area contributed by atoms with Gasteiger partial charge in [-0.15, -0.1) is 0 Å². The third-order valence-corrected chi connectivity index (χ3v) is 2.74. The van der Waals surface area contributed by atoms with E-state index in [-0.39, 0.29) is 12.1 Å². The molecule has 96 valence electrons. The van der Waals surface area contributed by atoms with Gasteiger partial charge in [0.2, 0.25) is 0 Å². The Bertz CT molecular complexity index is 357. The SMILES string of the molecule is COCCC(C)NC(C)c1cccc(F)c1F. The van der Waals surface area contributed by atoms with Crippen molar-refractivity contribution >= 4 is 0 Å². The average molecular weight is 243 g/mol. The van der Waals surface area contributed by atoms with Crippen LogP contribution in [0.1, 0.15) is 31.9 Å². The van der Waals surface area contributed by atoms with Gasteiger partial charge in [0.1, 0.15) is 0 Å². The minimum absolute atomic E-state index is 0.188. The number of ether oxygens (including phenoxy) is 1. The monoisotopic (exact) mass is 243 g/mol. The molecule has 1 N–H and O–H groups in total. The van der Waals surface area contributed by atoms with E-state index < -0.39 is 11.6 Å². The molecule has 0 bridgehead atoms. The maximum Gasteiger partial charge on any atom is 0.163 e. The quantitative estimate of drug-likeness (QED) is 0.829. The van der Waals surface area contributed by atoms with E-state index in [0.717, 1.165) is 12.5 Å². The van der Waals surface area contributed by atoms with Crippen LogP contribution in [0, 0.1) is 11.6 Å². The van der Waals surface area contributed by atoms with E-state index in [1.807, 2.05) is 13.8 Å². The van der Waals surface area contributed by atoms with Crippen LogP contribution >= 0.6 is 0 Å². The van der Waals surface area contributed by atoms with Crippen molar-refractivity contribution in [2.75, 3.05) is 13.7 Å². The summed E-state index contributed by atoms with van der Waals surface area (Å²) < 4.78 is 31.5. The molecular formula is C13H19F2NO. The van der Waals surface area contributed by atoms with E-state index in [1.165, 1.54) is 6.07 Å². The Morgan fingerprint density at radius 2 is 2.00 bits per heavy atom. The Hall–Kier alpha value is -1.00. The lowest BCUT2D eigenvalue weighted by Crippen LogP contribution is -2.30. The molecule has 0 aliphatic heterocycles. The zero-order valence-corrected chi connectivity index (χ0v) is 10.5. The number of rotatable bonds is 6. The molecular weight excluding hydrogens is 224 g/mol. The number of benzene rings is 1. The Morgan fingerprint density at radius 1 is 1.29 bits per heavy atom. The summed E-state index contributed by atoms with van der Waals surface area (Å²) in [7, 11) is 1.64. The van der Waals surface area contributed by atoms with Crippen LogP contribution in [0.25, 0.3) is 0 Å². The minimum Gasteiger partial charge on any atom is -0.385 e. The summed E-state index contributed by atoms with van der Waals surface area (Å²) in [5, 5.41) is 3.21. The summed E-state index contributed by atoms with van der Waals surface area (Å²) in [6.45, 7) is 4.46. The van der Waals surface area contributed by atoms with Crippen LogP contribution in [-0.2, 0) is 4.74 Å². The molecule has 0 aromatic heterocycles. The van der Waals surface area contributed by atoms with E-state index in [0.29, 0.717) is 12.2 Å². The Kier molecular flexibility index (Phi) is 5.51. The molecule has 1 aromatic rings. The van der Waals surface area contributed by atoms with Gasteiger partial charge >= 0.3 is 0 Å². The van der Waals surface area contributed by atoms with Gasteiger partial charge in [-0.2, -0.15) is 0 Å². The first-order valence-corrected chi connectivity index (χ1v) is 5.75. The van der Waals surface area contributed by atoms with E-state index in [2.05, 4.69) is 5.32 Å². The molecule has 0 fully saturated rings. The van der Waals surface area contributed by atoms with E-state index in [9.17, 15) is 8.78 Å². The zero-order chi connectivity index (χ0) is 12.8. The fraction of sp³-hybridized carbons (Fsp3) is 0.538. The van der Waals surface area contributed by atoms with Gasteiger partial charge in [-0.1, -0.05) is 12.1 Å². The summed E-state index contributed by atoms with van der Waals surface area (Å²) in [5.41, 5.74) is 0.356. The first-order valence-electron chi connectivity index (χ1n) is 5.75. The van der Waals surface area contributed by atoms with Crippen molar-refractivity contribution in [3.05, 3.63) is 35.4 Å². The number of nitrogens with one attached hydrogen (secondary N) is 1. The van der Waals surface area contributed by atoms with Gasteiger partial charge in [0.15, 0.2) is 11.6 Å². The molecule has 2 nitrogen and oxygen atoms in total. The van der Waals surface area contributed by atoms with E-state index in [4.69, 9.17) is 4.74 Å². The van der Waals surface area contributed by atoms with Gasteiger partial charge in [-0.05, 0) is 26.3 Å². The van der Waals surface area contributed by atoms with Crippen LogP contribution in [0.15, 0.2) is 18.2 Å². The van der Waals surface area contributed by atoms with Crippen LogP contribution in [-0.4, -0.2) is 19.8 Å². The fourth-order valence-corrected chi connectivity index (χ4v) is 1.75. The summed E-state index contributed by atoms with van der Waals surface area (Å²) in [4.78, 5) is 0. The van der Waals surface area contributed by atoms with Gasteiger partial charge < -0.3 is 10.1 Å². The lowest BCUT2D eigenvalue weighted by Gasteiger charge is -2.20. The van der Waals surface area contributed by atoms with Crippen molar-refractivity contribution < 1.29 is 13.5 Å². The standard InChI is InChI=1S/C13H19F2NO/c1-9(7-8-17-3)16-10(2)11-5-4-6-12(14)13(11)15/h4-6,9-10,16H,7-8H2,1-3H3. The summed E-state index contributed by atoms with van der Waals surface area (Å²) in [5.74, 6) is -1.58. The topological polar surface area (TPSA) is 21.3 Å². The molecule has 0 aliphatic rings. The molecule has 0 spiro atoms. The van der Waals surface area contributed by atoms with Crippen LogP contribution in [0.2, 0.25) is 0 Å². The molecule has 0 heterocycles. The maximum atomic E-state index is 13.5. The normalized spacial score (nSPS) is 14.6. The van der Waals surface area contributed by atoms with Gasteiger partial charge in [0, 0.05) is 31.4 Å². The Balaban J connectivity index is 2.63. The third kappa shape index (κ3) is 4.06.